The minimum atomic E-state index is -1.59. The molecule has 0 aliphatic carbocycles. The molecule has 0 aliphatic heterocycles. The second-order valence-corrected chi connectivity index (χ2v) is 4.73. The second-order valence-electron chi connectivity index (χ2n) is 4.16. The number of carboxylic acids is 1. The van der Waals surface area contributed by atoms with Crippen LogP contribution in [0.4, 0.5) is 0 Å². The summed E-state index contributed by atoms with van der Waals surface area (Å²) in [6.45, 7) is 2.04. The Morgan fingerprint density at radius 3 is 2.65 bits per heavy atom. The van der Waals surface area contributed by atoms with Gasteiger partial charge in [-0.05, 0) is 30.0 Å². The molecule has 110 valence electrons. The first-order valence-corrected chi connectivity index (χ1v) is 7.36. The lowest BCUT2D eigenvalue weighted by Gasteiger charge is -2.15. The van der Waals surface area contributed by atoms with Gasteiger partial charge in [0.1, 0.15) is 0 Å². The van der Waals surface area contributed by atoms with Gasteiger partial charge in [-0.15, -0.1) is 0 Å². The molecule has 1 unspecified atom stereocenters. The largest absolute Gasteiger partial charge is 0.479 e. The third kappa shape index (κ3) is 4.31. The number of ether oxygens (including phenoxy) is 1. The molecule has 0 radical (unpaired) electrons. The van der Waals surface area contributed by atoms with Gasteiger partial charge >= 0.3 is 11.9 Å². The highest BCUT2D eigenvalue weighted by Gasteiger charge is 2.21. The highest BCUT2D eigenvalue weighted by Crippen LogP contribution is 2.25. The van der Waals surface area contributed by atoms with E-state index in [1.807, 2.05) is 6.07 Å². The van der Waals surface area contributed by atoms with Gasteiger partial charge < -0.3 is 14.9 Å². The van der Waals surface area contributed by atoms with Crippen LogP contribution in [0.5, 0.6) is 0 Å². The molecule has 20 heavy (non-hydrogen) atoms. The fraction of sp³-hybridized carbons (Fsp3) is 0.429. The number of carboxylic acid groups (broad SMARTS) is 1. The Balaban J connectivity index is 3.01. The van der Waals surface area contributed by atoms with Crippen LogP contribution < -0.4 is 0 Å². The van der Waals surface area contributed by atoms with E-state index in [2.05, 4.69) is 15.9 Å². The van der Waals surface area contributed by atoms with Gasteiger partial charge in [-0.3, -0.25) is 4.79 Å². The average Bonchev–Trinajstić information content (AvgIpc) is 2.44. The summed E-state index contributed by atoms with van der Waals surface area (Å²) in [6, 6.07) is 5.07. The summed E-state index contributed by atoms with van der Waals surface area (Å²) in [7, 11) is 0. The van der Waals surface area contributed by atoms with Crippen molar-refractivity contribution in [2.45, 2.75) is 31.2 Å². The maximum absolute atomic E-state index is 11.4. The van der Waals surface area contributed by atoms with E-state index < -0.39 is 12.1 Å². The number of esters is 1. The fourth-order valence-electron chi connectivity index (χ4n) is 1.93. The molecule has 0 spiro atoms. The smallest absolute Gasteiger partial charge is 0.337 e. The van der Waals surface area contributed by atoms with E-state index >= 15 is 0 Å². The summed E-state index contributed by atoms with van der Waals surface area (Å²) in [4.78, 5) is 22.4. The zero-order valence-corrected chi connectivity index (χ0v) is 12.7. The lowest BCUT2D eigenvalue weighted by atomic mass is 9.94. The van der Waals surface area contributed by atoms with Crippen molar-refractivity contribution < 1.29 is 24.5 Å². The van der Waals surface area contributed by atoms with Gasteiger partial charge in [-0.1, -0.05) is 34.1 Å². The van der Waals surface area contributed by atoms with Crippen molar-refractivity contribution in [3.8, 4) is 0 Å². The van der Waals surface area contributed by atoms with Crippen LogP contribution in [-0.2, 0) is 26.1 Å². The van der Waals surface area contributed by atoms with Crippen LogP contribution >= 0.6 is 15.9 Å². The van der Waals surface area contributed by atoms with Crippen LogP contribution in [-0.4, -0.2) is 28.8 Å². The van der Waals surface area contributed by atoms with Crippen LogP contribution in [0.3, 0.4) is 0 Å². The van der Waals surface area contributed by atoms with Crippen molar-refractivity contribution in [3.05, 3.63) is 34.9 Å². The molecule has 0 saturated carbocycles. The molecule has 6 heteroatoms. The van der Waals surface area contributed by atoms with Gasteiger partial charge in [-0.25, -0.2) is 4.79 Å². The number of carbonyl (C=O) groups is 2. The maximum atomic E-state index is 11.4. The van der Waals surface area contributed by atoms with Crippen molar-refractivity contribution >= 4 is 27.9 Å². The van der Waals surface area contributed by atoms with E-state index in [0.717, 1.165) is 5.56 Å². The number of carbonyl (C=O) groups excluding carboxylic acids is 1. The van der Waals surface area contributed by atoms with E-state index in [-0.39, 0.29) is 12.4 Å². The van der Waals surface area contributed by atoms with Gasteiger partial charge in [0.05, 0.1) is 6.61 Å². The third-order valence-corrected chi connectivity index (χ3v) is 3.47. The number of benzene rings is 1. The number of rotatable bonds is 7. The maximum Gasteiger partial charge on any atom is 0.337 e. The lowest BCUT2D eigenvalue weighted by Crippen LogP contribution is -2.15. The number of alkyl halides is 1. The van der Waals surface area contributed by atoms with Crippen LogP contribution in [0, 0.1) is 0 Å². The molecule has 1 aromatic carbocycles. The van der Waals surface area contributed by atoms with E-state index in [0.29, 0.717) is 29.5 Å². The van der Waals surface area contributed by atoms with Crippen LogP contribution in [0.2, 0.25) is 0 Å². The van der Waals surface area contributed by atoms with E-state index in [9.17, 15) is 14.7 Å². The van der Waals surface area contributed by atoms with Crippen LogP contribution in [0.25, 0.3) is 0 Å². The zero-order chi connectivity index (χ0) is 15.1. The molecule has 1 rings (SSSR count). The Kier molecular flexibility index (Phi) is 6.67. The van der Waals surface area contributed by atoms with Crippen LogP contribution in [0.15, 0.2) is 18.2 Å². The molecule has 1 aromatic rings. The summed E-state index contributed by atoms with van der Waals surface area (Å²) < 4.78 is 4.86. The molecular weight excluding hydrogens is 328 g/mol. The predicted octanol–water partition coefficient (Wildman–Crippen LogP) is 2.20. The second kappa shape index (κ2) is 8.01. The quantitative estimate of drug-likeness (QED) is 0.585. The Morgan fingerprint density at radius 2 is 2.10 bits per heavy atom. The van der Waals surface area contributed by atoms with Crippen molar-refractivity contribution in [2.75, 3.05) is 6.61 Å². The zero-order valence-electron chi connectivity index (χ0n) is 11.1. The van der Waals surface area contributed by atoms with Gasteiger partial charge in [-0.2, -0.15) is 0 Å². The van der Waals surface area contributed by atoms with E-state index in [4.69, 9.17) is 9.84 Å². The minimum absolute atomic E-state index is 0.150. The minimum Gasteiger partial charge on any atom is -0.479 e. The molecule has 2 N–H and O–H groups in total. The highest BCUT2D eigenvalue weighted by molar-refractivity contribution is 9.08. The average molecular weight is 345 g/mol. The number of aliphatic hydroxyl groups excluding tert-OH is 1. The van der Waals surface area contributed by atoms with Gasteiger partial charge in [0.25, 0.3) is 0 Å². The summed E-state index contributed by atoms with van der Waals surface area (Å²) in [5, 5.41) is 19.2. The third-order valence-electron chi connectivity index (χ3n) is 2.87. The Labute approximate surface area is 125 Å². The van der Waals surface area contributed by atoms with E-state index in [1.54, 1.807) is 19.1 Å². The first kappa shape index (κ1) is 16.7. The molecule has 0 fully saturated rings. The molecule has 0 saturated heterocycles. The summed E-state index contributed by atoms with van der Waals surface area (Å²) in [5.41, 5.74) is 1.85. The number of hydrogen-bond donors (Lipinski definition) is 2. The molecule has 0 bridgehead atoms. The van der Waals surface area contributed by atoms with Gasteiger partial charge in [0.2, 0.25) is 0 Å². The first-order valence-electron chi connectivity index (χ1n) is 6.24. The summed E-state index contributed by atoms with van der Waals surface area (Å²) >= 11 is 3.32. The van der Waals surface area contributed by atoms with Gasteiger partial charge in [0.15, 0.2) is 6.10 Å². The SMILES string of the molecule is CCOC(=O)CCc1c(CBr)cccc1C(O)C(=O)O. The molecule has 0 amide bonds. The lowest BCUT2D eigenvalue weighted by molar-refractivity contribution is -0.147. The molecule has 0 heterocycles. The Hall–Kier alpha value is -1.40. The van der Waals surface area contributed by atoms with Gasteiger partial charge in [0, 0.05) is 11.8 Å². The summed E-state index contributed by atoms with van der Waals surface area (Å²) in [6.07, 6.45) is -1.11. The van der Waals surface area contributed by atoms with Crippen molar-refractivity contribution in [1.29, 1.82) is 0 Å². The number of hydrogen-bond acceptors (Lipinski definition) is 4. The number of halogens is 1. The number of aliphatic hydroxyl groups is 1. The van der Waals surface area contributed by atoms with Crippen molar-refractivity contribution in [3.63, 3.8) is 0 Å². The molecule has 5 nitrogen and oxygen atoms in total. The van der Waals surface area contributed by atoms with Crippen molar-refractivity contribution in [1.82, 2.24) is 0 Å². The Morgan fingerprint density at radius 1 is 1.40 bits per heavy atom. The molecule has 1 atom stereocenters. The molecule has 0 aliphatic rings. The van der Waals surface area contributed by atoms with Crippen molar-refractivity contribution in [2.24, 2.45) is 0 Å². The normalized spacial score (nSPS) is 11.9. The fourth-order valence-corrected chi connectivity index (χ4v) is 2.46. The summed E-state index contributed by atoms with van der Waals surface area (Å²) in [5.74, 6) is -1.65. The standard InChI is InChI=1S/C14H17BrO5/c1-2-20-12(16)7-6-10-9(8-15)4-3-5-11(10)13(17)14(18)19/h3-5,13,17H,2,6-8H2,1H3,(H,18,19). The predicted molar refractivity (Wildman–Crippen MR) is 76.6 cm³/mol. The topological polar surface area (TPSA) is 83.8 Å². The van der Waals surface area contributed by atoms with E-state index in [1.165, 1.54) is 0 Å². The van der Waals surface area contributed by atoms with Crippen LogP contribution in [0.1, 0.15) is 36.1 Å². The molecular formula is C14H17BrO5. The first-order chi connectivity index (χ1) is 9.51. The monoisotopic (exact) mass is 344 g/mol. The molecule has 0 aromatic heterocycles. The Bertz CT molecular complexity index is 486. The number of aliphatic carboxylic acids is 1. The highest BCUT2D eigenvalue weighted by atomic mass is 79.9.